The van der Waals surface area contributed by atoms with Crippen LogP contribution in [0.15, 0.2) is 17.0 Å². The van der Waals surface area contributed by atoms with Gasteiger partial charge >= 0.3 is 0 Å². The van der Waals surface area contributed by atoms with Crippen molar-refractivity contribution in [1.82, 2.24) is 0 Å². The van der Waals surface area contributed by atoms with Crippen LogP contribution in [0.3, 0.4) is 0 Å². The van der Waals surface area contributed by atoms with Crippen LogP contribution in [0.4, 0.5) is 0 Å². The van der Waals surface area contributed by atoms with Gasteiger partial charge in [-0.25, -0.2) is 13.6 Å². The van der Waals surface area contributed by atoms with E-state index < -0.39 is 10.0 Å². The van der Waals surface area contributed by atoms with Gasteiger partial charge in [0.2, 0.25) is 10.0 Å². The van der Waals surface area contributed by atoms with Gasteiger partial charge in [0.05, 0.1) is 16.7 Å². The van der Waals surface area contributed by atoms with E-state index in [-0.39, 0.29) is 14.9 Å². The van der Waals surface area contributed by atoms with Gasteiger partial charge in [0, 0.05) is 6.07 Å². The predicted molar refractivity (Wildman–Crippen MR) is 86.7 cm³/mol. The van der Waals surface area contributed by atoms with Crippen LogP contribution in [0.2, 0.25) is 10.0 Å². The Bertz CT molecular complexity index is 562. The monoisotopic (exact) mass is 353 g/mol. The molecule has 1 aromatic carbocycles. The molecule has 120 valence electrons. The quantitative estimate of drug-likeness (QED) is 0.669. The Balaban J connectivity index is 2.52. The van der Waals surface area contributed by atoms with Crippen molar-refractivity contribution < 1.29 is 13.2 Å². The fourth-order valence-corrected chi connectivity index (χ4v) is 3.28. The number of ether oxygens (including phenoxy) is 1. The number of hydrogen-bond donors (Lipinski definition) is 1. The molecule has 0 aliphatic rings. The van der Waals surface area contributed by atoms with Crippen molar-refractivity contribution in [1.29, 1.82) is 0 Å². The van der Waals surface area contributed by atoms with E-state index >= 15 is 0 Å². The summed E-state index contributed by atoms with van der Waals surface area (Å²) in [7, 11) is -3.88. The van der Waals surface area contributed by atoms with Gasteiger partial charge < -0.3 is 4.74 Å². The molecule has 0 heterocycles. The van der Waals surface area contributed by atoms with E-state index in [2.05, 4.69) is 6.92 Å². The summed E-state index contributed by atoms with van der Waals surface area (Å²) < 4.78 is 28.1. The second-order valence-electron chi connectivity index (χ2n) is 4.87. The molecule has 4 nitrogen and oxygen atoms in total. The fraction of sp³-hybridized carbons (Fsp3) is 0.571. The van der Waals surface area contributed by atoms with E-state index in [0.717, 1.165) is 12.8 Å². The van der Waals surface area contributed by atoms with Crippen molar-refractivity contribution in [2.75, 3.05) is 6.61 Å². The van der Waals surface area contributed by atoms with Gasteiger partial charge in [-0.2, -0.15) is 0 Å². The minimum atomic E-state index is -3.88. The fourth-order valence-electron chi connectivity index (χ4n) is 1.90. The minimum absolute atomic E-state index is 0.0137. The number of nitrogens with two attached hydrogens (primary N) is 1. The molecule has 0 amide bonds. The lowest BCUT2D eigenvalue weighted by Gasteiger charge is -2.10. The standard InChI is InChI=1S/C14H21Cl2NO3S/c1-2-3-4-5-6-7-8-20-13-9-12(16)14(10-11(13)15)21(17,18)19/h9-10H,2-8H2,1H3,(H2,17,18,19). The molecule has 21 heavy (non-hydrogen) atoms. The summed E-state index contributed by atoms with van der Waals surface area (Å²) in [6.45, 7) is 2.71. The first-order valence-electron chi connectivity index (χ1n) is 7.01. The summed E-state index contributed by atoms with van der Waals surface area (Å²) in [6.07, 6.45) is 6.94. The molecule has 0 radical (unpaired) electrons. The highest BCUT2D eigenvalue weighted by atomic mass is 35.5. The van der Waals surface area contributed by atoms with Gasteiger partial charge in [-0.15, -0.1) is 0 Å². The van der Waals surface area contributed by atoms with Crippen molar-refractivity contribution >= 4 is 33.2 Å². The maximum Gasteiger partial charge on any atom is 0.239 e. The lowest BCUT2D eigenvalue weighted by atomic mass is 10.1. The molecule has 0 atom stereocenters. The van der Waals surface area contributed by atoms with Gasteiger partial charge in [-0.1, -0.05) is 62.2 Å². The van der Waals surface area contributed by atoms with E-state index in [1.54, 1.807) is 0 Å². The average molecular weight is 354 g/mol. The second-order valence-corrected chi connectivity index (χ2v) is 7.22. The van der Waals surface area contributed by atoms with Crippen LogP contribution in [0.5, 0.6) is 5.75 Å². The minimum Gasteiger partial charge on any atom is -0.492 e. The predicted octanol–water partition coefficient (Wildman–Crippen LogP) is 4.38. The van der Waals surface area contributed by atoms with Crippen LogP contribution < -0.4 is 9.88 Å². The summed E-state index contributed by atoms with van der Waals surface area (Å²) >= 11 is 11.9. The van der Waals surface area contributed by atoms with Crippen LogP contribution in [0.1, 0.15) is 45.4 Å². The molecular weight excluding hydrogens is 333 g/mol. The van der Waals surface area contributed by atoms with Crippen LogP contribution in [-0.4, -0.2) is 15.0 Å². The number of unbranched alkanes of at least 4 members (excludes halogenated alkanes) is 5. The van der Waals surface area contributed by atoms with E-state index in [0.29, 0.717) is 12.4 Å². The van der Waals surface area contributed by atoms with Crippen molar-refractivity contribution in [2.45, 2.75) is 50.3 Å². The Hall–Kier alpha value is -0.490. The first-order valence-corrected chi connectivity index (χ1v) is 9.31. The normalized spacial score (nSPS) is 11.6. The molecule has 0 unspecified atom stereocenters. The summed E-state index contributed by atoms with van der Waals surface area (Å²) in [6, 6.07) is 2.61. The second kappa shape index (κ2) is 8.83. The smallest absolute Gasteiger partial charge is 0.239 e. The Kier molecular flexibility index (Phi) is 7.81. The van der Waals surface area contributed by atoms with Crippen molar-refractivity contribution in [3.8, 4) is 5.75 Å². The Labute approximate surface area is 136 Å². The van der Waals surface area contributed by atoms with E-state index in [1.165, 1.54) is 37.8 Å². The Morgan fingerprint density at radius 2 is 1.67 bits per heavy atom. The van der Waals surface area contributed by atoms with Crippen LogP contribution in [0, 0.1) is 0 Å². The van der Waals surface area contributed by atoms with Gasteiger partial charge in [0.1, 0.15) is 10.6 Å². The largest absolute Gasteiger partial charge is 0.492 e. The molecule has 0 aromatic heterocycles. The van der Waals surface area contributed by atoms with E-state index in [1.807, 2.05) is 0 Å². The molecule has 0 saturated heterocycles. The summed E-state index contributed by atoms with van der Waals surface area (Å²) in [5, 5.41) is 5.25. The number of halogens is 2. The lowest BCUT2D eigenvalue weighted by Crippen LogP contribution is -2.13. The van der Waals surface area contributed by atoms with Crippen molar-refractivity contribution in [3.63, 3.8) is 0 Å². The number of benzene rings is 1. The van der Waals surface area contributed by atoms with Gasteiger partial charge in [0.15, 0.2) is 0 Å². The van der Waals surface area contributed by atoms with Crippen LogP contribution in [-0.2, 0) is 10.0 Å². The first kappa shape index (κ1) is 18.6. The number of rotatable bonds is 9. The highest BCUT2D eigenvalue weighted by Crippen LogP contribution is 2.33. The molecular formula is C14H21Cl2NO3S. The van der Waals surface area contributed by atoms with Gasteiger partial charge in [0.25, 0.3) is 0 Å². The number of primary sulfonamides is 1. The average Bonchev–Trinajstić information content (AvgIpc) is 2.39. The summed E-state index contributed by atoms with van der Waals surface area (Å²) in [5.41, 5.74) is 0. The highest BCUT2D eigenvalue weighted by molar-refractivity contribution is 7.89. The molecule has 0 saturated carbocycles. The molecule has 7 heteroatoms. The van der Waals surface area contributed by atoms with Gasteiger partial charge in [-0.05, 0) is 12.5 Å². The number of hydrogen-bond acceptors (Lipinski definition) is 3. The molecule has 0 spiro atoms. The van der Waals surface area contributed by atoms with E-state index in [9.17, 15) is 8.42 Å². The lowest BCUT2D eigenvalue weighted by molar-refractivity contribution is 0.304. The van der Waals surface area contributed by atoms with E-state index in [4.69, 9.17) is 33.1 Å². The zero-order chi connectivity index (χ0) is 15.9. The van der Waals surface area contributed by atoms with Crippen LogP contribution in [0.25, 0.3) is 0 Å². The topological polar surface area (TPSA) is 69.4 Å². The molecule has 0 aliphatic heterocycles. The third kappa shape index (κ3) is 6.43. The molecule has 1 rings (SSSR count). The number of sulfonamides is 1. The van der Waals surface area contributed by atoms with Crippen molar-refractivity contribution in [3.05, 3.63) is 22.2 Å². The van der Waals surface area contributed by atoms with Crippen LogP contribution >= 0.6 is 23.2 Å². The zero-order valence-corrected chi connectivity index (χ0v) is 14.4. The summed E-state index contributed by atoms with van der Waals surface area (Å²) in [4.78, 5) is -0.193. The van der Waals surface area contributed by atoms with Gasteiger partial charge in [-0.3, -0.25) is 0 Å². The SMILES string of the molecule is CCCCCCCCOc1cc(Cl)c(S(N)(=O)=O)cc1Cl. The molecule has 1 aromatic rings. The Morgan fingerprint density at radius 1 is 1.05 bits per heavy atom. The molecule has 2 N–H and O–H groups in total. The third-order valence-electron chi connectivity index (χ3n) is 3.05. The Morgan fingerprint density at radius 3 is 2.29 bits per heavy atom. The summed E-state index contributed by atoms with van der Waals surface area (Å²) in [5.74, 6) is 0.377. The zero-order valence-electron chi connectivity index (χ0n) is 12.1. The highest BCUT2D eigenvalue weighted by Gasteiger charge is 2.16. The molecule has 0 aliphatic carbocycles. The molecule has 0 bridgehead atoms. The maximum atomic E-state index is 11.3. The molecule has 0 fully saturated rings. The first-order chi connectivity index (χ1) is 9.86. The third-order valence-corrected chi connectivity index (χ3v) is 4.72. The van der Waals surface area contributed by atoms with Crippen molar-refractivity contribution in [2.24, 2.45) is 5.14 Å². The maximum absolute atomic E-state index is 11.3.